The summed E-state index contributed by atoms with van der Waals surface area (Å²) in [6, 6.07) is 14.9. The summed E-state index contributed by atoms with van der Waals surface area (Å²) in [5, 5.41) is 45.5. The van der Waals surface area contributed by atoms with Gasteiger partial charge in [0.15, 0.2) is 6.10 Å². The van der Waals surface area contributed by atoms with Crippen LogP contribution >= 0.6 is 0 Å². The van der Waals surface area contributed by atoms with Crippen molar-refractivity contribution in [2.75, 3.05) is 31.5 Å². The van der Waals surface area contributed by atoms with Crippen molar-refractivity contribution in [3.05, 3.63) is 95.3 Å². The average molecular weight is 818 g/mol. The molecule has 17 nitrogen and oxygen atoms in total. The number of carboxylic acids is 1. The third kappa shape index (κ3) is 13.1. The molecule has 3 aromatic rings. The van der Waals surface area contributed by atoms with Crippen LogP contribution in [-0.2, 0) is 41.7 Å². The number of likely N-dealkylation sites (tertiary alicyclic amines) is 1. The zero-order valence-electron chi connectivity index (χ0n) is 32.5. The quantitative estimate of drug-likeness (QED) is 0.0549. The van der Waals surface area contributed by atoms with Crippen LogP contribution in [0.25, 0.3) is 6.08 Å². The number of nitrogens with one attached hydrogen (secondary N) is 2. The summed E-state index contributed by atoms with van der Waals surface area (Å²) < 4.78 is 16.4. The van der Waals surface area contributed by atoms with Gasteiger partial charge in [0.2, 0.25) is 18.1 Å². The molecule has 316 valence electrons. The Morgan fingerprint density at radius 3 is 2.47 bits per heavy atom. The Kier molecular flexibility index (Phi) is 16.5. The molecule has 0 saturated carbocycles. The van der Waals surface area contributed by atoms with E-state index in [4.69, 9.17) is 19.9 Å². The molecule has 2 aliphatic heterocycles. The zero-order chi connectivity index (χ0) is 42.3. The van der Waals surface area contributed by atoms with Crippen LogP contribution in [0, 0.1) is 5.92 Å². The molecule has 3 amide bonds. The van der Waals surface area contributed by atoms with E-state index in [2.05, 4.69) is 15.6 Å². The number of carboxylic acid groups (broad SMARTS) is 1. The number of aliphatic carboxylic acids is 1. The van der Waals surface area contributed by atoms with Gasteiger partial charge in [-0.25, -0.2) is 4.79 Å². The SMILES string of the molecule is NCCC(=O)Nc1cc(COC(=O)Cc2cccc(C(=O)N3CCC(CCCCNC(=O)/C=C/c4cccnc4)CC3)c2)ccc1O[C@@H]1O[C@H](C(=O)O)[C@@H](O)[C@H](O)[C@H]1O. The monoisotopic (exact) mass is 817 g/mol. The Balaban J connectivity index is 1.07. The smallest absolute Gasteiger partial charge is 0.335 e. The summed E-state index contributed by atoms with van der Waals surface area (Å²) >= 11 is 0. The number of amides is 3. The number of aromatic nitrogens is 1. The van der Waals surface area contributed by atoms with Crippen LogP contribution in [-0.4, -0.2) is 117 Å². The maximum absolute atomic E-state index is 13.4. The highest BCUT2D eigenvalue weighted by Crippen LogP contribution is 2.31. The Labute approximate surface area is 341 Å². The molecule has 8 N–H and O–H groups in total. The molecule has 17 heteroatoms. The van der Waals surface area contributed by atoms with Crippen LogP contribution < -0.4 is 21.1 Å². The molecule has 3 heterocycles. The summed E-state index contributed by atoms with van der Waals surface area (Å²) in [7, 11) is 0. The normalized spacial score (nSPS) is 20.8. The number of hydrogen-bond acceptors (Lipinski definition) is 13. The standard InChI is InChI=1S/C42H51N5O12/c43-16-13-34(49)46-31-22-29(9-11-32(31)58-42-38(53)36(51)37(52)39(59-42)41(55)56)25-57-35(50)23-28-6-3-8-30(21-28)40(54)47-19-14-26(15-20-47)5-1-2-18-45-33(48)12-10-27-7-4-17-44-24-27/h3-4,6-12,17,21-22,24,26,36-39,42,51-53H,1-2,5,13-16,18-20,23,25,43H2,(H,45,48)(H,46,49)(H,55,56)/b12-10+/t36-,37-,38+,39-,42+/m0/s1. The van der Waals surface area contributed by atoms with Crippen molar-refractivity contribution in [1.29, 1.82) is 0 Å². The van der Waals surface area contributed by atoms with Crippen LogP contribution in [0.1, 0.15) is 65.6 Å². The molecule has 0 radical (unpaired) electrons. The first-order chi connectivity index (χ1) is 28.4. The van der Waals surface area contributed by atoms with E-state index >= 15 is 0 Å². The van der Waals surface area contributed by atoms with E-state index in [1.807, 2.05) is 17.0 Å². The number of ether oxygens (including phenoxy) is 3. The molecule has 5 atom stereocenters. The van der Waals surface area contributed by atoms with Gasteiger partial charge in [0.1, 0.15) is 30.7 Å². The second-order valence-corrected chi connectivity index (χ2v) is 14.5. The zero-order valence-corrected chi connectivity index (χ0v) is 32.5. The number of nitrogens with zero attached hydrogens (tertiary/aromatic N) is 2. The molecule has 2 fully saturated rings. The molecule has 0 unspecified atom stereocenters. The van der Waals surface area contributed by atoms with Crippen molar-refractivity contribution in [2.45, 2.75) is 82.3 Å². The molecule has 0 spiro atoms. The highest BCUT2D eigenvalue weighted by Gasteiger charge is 2.48. The third-order valence-corrected chi connectivity index (χ3v) is 10.0. The molecule has 0 bridgehead atoms. The highest BCUT2D eigenvalue weighted by molar-refractivity contribution is 5.95. The lowest BCUT2D eigenvalue weighted by Gasteiger charge is -2.38. The number of hydrogen-bond donors (Lipinski definition) is 7. The summed E-state index contributed by atoms with van der Waals surface area (Å²) in [6.07, 6.45) is 1.80. The minimum atomic E-state index is -1.92. The summed E-state index contributed by atoms with van der Waals surface area (Å²) in [4.78, 5) is 68.2. The number of aliphatic hydroxyl groups excluding tert-OH is 3. The number of unbranched alkanes of at least 4 members (excludes halogenated alkanes) is 1. The Morgan fingerprint density at radius 1 is 0.949 bits per heavy atom. The molecule has 0 aliphatic carbocycles. The fourth-order valence-electron chi connectivity index (χ4n) is 6.76. The number of rotatable bonds is 18. The minimum absolute atomic E-state index is 0.0393. The summed E-state index contributed by atoms with van der Waals surface area (Å²) in [5.74, 6) is -2.47. The van der Waals surface area contributed by atoms with Crippen molar-refractivity contribution < 1.29 is 58.6 Å². The lowest BCUT2D eigenvalue weighted by Crippen LogP contribution is -2.61. The van der Waals surface area contributed by atoms with Crippen LogP contribution in [0.5, 0.6) is 5.75 Å². The van der Waals surface area contributed by atoms with Crippen molar-refractivity contribution in [2.24, 2.45) is 11.7 Å². The number of carbonyl (C=O) groups excluding carboxylic acids is 4. The number of nitrogens with two attached hydrogens (primary N) is 1. The highest BCUT2D eigenvalue weighted by atomic mass is 16.7. The predicted molar refractivity (Wildman–Crippen MR) is 212 cm³/mol. The Morgan fingerprint density at radius 2 is 1.75 bits per heavy atom. The minimum Gasteiger partial charge on any atom is -0.479 e. The second-order valence-electron chi connectivity index (χ2n) is 14.5. The van der Waals surface area contributed by atoms with E-state index in [1.54, 1.807) is 42.7 Å². The van der Waals surface area contributed by atoms with E-state index in [0.29, 0.717) is 42.2 Å². The lowest BCUT2D eigenvalue weighted by molar-refractivity contribution is -0.271. The largest absolute Gasteiger partial charge is 0.479 e. The average Bonchev–Trinajstić information content (AvgIpc) is 3.23. The second kappa shape index (κ2) is 21.9. The first kappa shape index (κ1) is 44.4. The van der Waals surface area contributed by atoms with E-state index < -0.39 is 48.6 Å². The number of anilines is 1. The molecule has 59 heavy (non-hydrogen) atoms. The fraction of sp³-hybridized carbons (Fsp3) is 0.429. The number of esters is 1. The molecule has 1 aromatic heterocycles. The van der Waals surface area contributed by atoms with Gasteiger partial charge >= 0.3 is 11.9 Å². The molecular weight excluding hydrogens is 766 g/mol. The van der Waals surface area contributed by atoms with Gasteiger partial charge in [-0.05, 0) is 78.3 Å². The van der Waals surface area contributed by atoms with Crippen molar-refractivity contribution in [3.8, 4) is 5.75 Å². The molecular formula is C42H51N5O12. The first-order valence-electron chi connectivity index (χ1n) is 19.5. The van der Waals surface area contributed by atoms with Crippen molar-refractivity contribution in [3.63, 3.8) is 0 Å². The van der Waals surface area contributed by atoms with E-state index in [-0.39, 0.29) is 49.2 Å². The van der Waals surface area contributed by atoms with Crippen LogP contribution in [0.3, 0.4) is 0 Å². The predicted octanol–water partition coefficient (Wildman–Crippen LogP) is 1.78. The number of piperidine rings is 1. The first-order valence-corrected chi connectivity index (χ1v) is 19.5. The van der Waals surface area contributed by atoms with Crippen LogP contribution in [0.2, 0.25) is 0 Å². The van der Waals surface area contributed by atoms with Gasteiger partial charge in [-0.15, -0.1) is 0 Å². The Bertz CT molecular complexity index is 1940. The molecule has 2 aromatic carbocycles. The van der Waals surface area contributed by atoms with Gasteiger partial charge in [0.05, 0.1) is 12.1 Å². The number of aliphatic hydroxyl groups is 3. The molecule has 2 aliphatic rings. The van der Waals surface area contributed by atoms with Crippen LogP contribution in [0.15, 0.2) is 73.1 Å². The van der Waals surface area contributed by atoms with Gasteiger partial charge in [-0.2, -0.15) is 0 Å². The maximum Gasteiger partial charge on any atom is 0.335 e. The molecule has 2 saturated heterocycles. The number of pyridine rings is 1. The lowest BCUT2D eigenvalue weighted by atomic mass is 9.91. The Hall–Kier alpha value is -5.72. The van der Waals surface area contributed by atoms with Gasteiger partial charge in [-0.3, -0.25) is 24.2 Å². The van der Waals surface area contributed by atoms with Gasteiger partial charge in [0, 0.05) is 56.6 Å². The van der Waals surface area contributed by atoms with E-state index in [0.717, 1.165) is 37.7 Å². The number of benzene rings is 2. The van der Waals surface area contributed by atoms with Crippen molar-refractivity contribution in [1.82, 2.24) is 15.2 Å². The maximum atomic E-state index is 13.4. The summed E-state index contributed by atoms with van der Waals surface area (Å²) in [5.41, 5.74) is 7.92. The molecule has 5 rings (SSSR count). The van der Waals surface area contributed by atoms with E-state index in [9.17, 15) is 44.4 Å². The summed E-state index contributed by atoms with van der Waals surface area (Å²) in [6.45, 7) is 1.69. The van der Waals surface area contributed by atoms with Gasteiger partial charge < -0.3 is 55.9 Å². The fourth-order valence-corrected chi connectivity index (χ4v) is 6.76. The van der Waals surface area contributed by atoms with E-state index in [1.165, 1.54) is 24.3 Å². The van der Waals surface area contributed by atoms with Gasteiger partial charge in [-0.1, -0.05) is 37.1 Å². The third-order valence-electron chi connectivity index (χ3n) is 10.0. The van der Waals surface area contributed by atoms with Crippen molar-refractivity contribution >= 4 is 41.4 Å². The number of carbonyl (C=O) groups is 5. The van der Waals surface area contributed by atoms with Gasteiger partial charge in [0.25, 0.3) is 5.91 Å². The topological polar surface area (TPSA) is 260 Å². The van der Waals surface area contributed by atoms with Crippen LogP contribution in [0.4, 0.5) is 5.69 Å².